The number of para-hydroxylation sites is 1. The minimum absolute atomic E-state index is 0.0262. The largest absolute Gasteiger partial charge is 0.507 e. The third-order valence-electron chi connectivity index (χ3n) is 3.40. The monoisotopic (exact) mass is 358 g/mol. The van der Waals surface area contributed by atoms with Gasteiger partial charge in [0, 0.05) is 10.6 Å². The zero-order valence-electron chi connectivity index (χ0n) is 12.2. The Kier molecular flexibility index (Phi) is 4.33. The molecule has 2 N–H and O–H groups in total. The van der Waals surface area contributed by atoms with E-state index in [9.17, 15) is 14.7 Å². The lowest BCUT2D eigenvalue weighted by atomic mass is 10.1. The highest BCUT2D eigenvalue weighted by Crippen LogP contribution is 2.26. The van der Waals surface area contributed by atoms with Crippen LogP contribution >= 0.6 is 23.8 Å². The molecule has 3 rings (SSSR count). The summed E-state index contributed by atoms with van der Waals surface area (Å²) in [5.74, 6) is -1.24. The third-order valence-corrected chi connectivity index (χ3v) is 3.92. The first-order valence-corrected chi connectivity index (χ1v) is 7.71. The summed E-state index contributed by atoms with van der Waals surface area (Å²) in [5.41, 5.74) is 0.667. The molecule has 2 amide bonds. The Balaban J connectivity index is 2.05. The van der Waals surface area contributed by atoms with Gasteiger partial charge in [-0.3, -0.25) is 19.8 Å². The minimum atomic E-state index is -0.619. The van der Waals surface area contributed by atoms with E-state index in [4.69, 9.17) is 23.8 Å². The van der Waals surface area contributed by atoms with Crippen molar-refractivity contribution in [3.8, 4) is 5.75 Å². The van der Waals surface area contributed by atoms with Crippen molar-refractivity contribution < 1.29 is 14.7 Å². The lowest BCUT2D eigenvalue weighted by Gasteiger charge is -2.29. The number of nitrogens with one attached hydrogen (secondary N) is 1. The van der Waals surface area contributed by atoms with Crippen LogP contribution in [0.5, 0.6) is 5.75 Å². The number of carbonyl (C=O) groups excluding carboxylic acids is 2. The summed E-state index contributed by atoms with van der Waals surface area (Å²) < 4.78 is 0. The molecule has 7 heteroatoms. The highest BCUT2D eigenvalue weighted by Gasteiger charge is 2.34. The number of amides is 2. The van der Waals surface area contributed by atoms with Crippen molar-refractivity contribution >= 4 is 52.5 Å². The molecule has 0 saturated carbocycles. The zero-order valence-corrected chi connectivity index (χ0v) is 13.8. The first kappa shape index (κ1) is 16.2. The van der Waals surface area contributed by atoms with Crippen LogP contribution in [0.25, 0.3) is 6.08 Å². The molecule has 2 aromatic carbocycles. The average Bonchev–Trinajstić information content (AvgIpc) is 2.53. The van der Waals surface area contributed by atoms with Gasteiger partial charge < -0.3 is 5.11 Å². The van der Waals surface area contributed by atoms with Crippen LogP contribution in [0.3, 0.4) is 0 Å². The van der Waals surface area contributed by atoms with Crippen molar-refractivity contribution in [3.05, 3.63) is 64.7 Å². The number of carbonyl (C=O) groups is 2. The molecule has 0 bridgehead atoms. The number of phenols is 1. The van der Waals surface area contributed by atoms with E-state index >= 15 is 0 Å². The summed E-state index contributed by atoms with van der Waals surface area (Å²) in [4.78, 5) is 26.1. The SMILES string of the molecule is O=C1NC(=S)N(c2cccc(Cl)c2)C(=O)C1=Cc1ccccc1O. The molecule has 120 valence electrons. The molecular formula is C17H11ClN2O3S. The Morgan fingerprint density at radius 2 is 1.88 bits per heavy atom. The Morgan fingerprint density at radius 3 is 2.58 bits per heavy atom. The fourth-order valence-electron chi connectivity index (χ4n) is 2.27. The van der Waals surface area contributed by atoms with Gasteiger partial charge in [-0.1, -0.05) is 35.9 Å². The maximum Gasteiger partial charge on any atom is 0.270 e. The summed E-state index contributed by atoms with van der Waals surface area (Å²) in [6.07, 6.45) is 1.33. The molecule has 0 spiro atoms. The van der Waals surface area contributed by atoms with Crippen molar-refractivity contribution in [2.24, 2.45) is 0 Å². The standard InChI is InChI=1S/C17H11ClN2O3S/c18-11-5-3-6-12(9-11)20-16(23)13(15(22)19-17(20)24)8-10-4-1-2-7-14(10)21/h1-9,21H,(H,19,22,24). The van der Waals surface area contributed by atoms with Gasteiger partial charge in [0.05, 0.1) is 5.69 Å². The highest BCUT2D eigenvalue weighted by atomic mass is 35.5. The summed E-state index contributed by atoms with van der Waals surface area (Å²) >= 11 is 11.1. The molecule has 0 aliphatic carbocycles. The summed E-state index contributed by atoms with van der Waals surface area (Å²) in [6, 6.07) is 13.0. The molecule has 1 heterocycles. The van der Waals surface area contributed by atoms with Crippen molar-refractivity contribution in [2.45, 2.75) is 0 Å². The van der Waals surface area contributed by atoms with Gasteiger partial charge in [-0.25, -0.2) is 0 Å². The van der Waals surface area contributed by atoms with Crippen LogP contribution in [0.1, 0.15) is 5.56 Å². The number of aromatic hydroxyl groups is 1. The minimum Gasteiger partial charge on any atom is -0.507 e. The van der Waals surface area contributed by atoms with Gasteiger partial charge in [0.25, 0.3) is 11.8 Å². The van der Waals surface area contributed by atoms with Crippen LogP contribution < -0.4 is 10.2 Å². The number of anilines is 1. The smallest absolute Gasteiger partial charge is 0.270 e. The fraction of sp³-hybridized carbons (Fsp3) is 0. The molecule has 1 aliphatic rings. The van der Waals surface area contributed by atoms with Crippen molar-refractivity contribution in [2.75, 3.05) is 4.90 Å². The van der Waals surface area contributed by atoms with Crippen LogP contribution in [0.4, 0.5) is 5.69 Å². The van der Waals surface area contributed by atoms with Gasteiger partial charge in [0.2, 0.25) is 0 Å². The molecule has 1 aliphatic heterocycles. The summed E-state index contributed by atoms with van der Waals surface area (Å²) in [5, 5.41) is 12.7. The van der Waals surface area contributed by atoms with E-state index in [0.29, 0.717) is 16.3 Å². The third kappa shape index (κ3) is 3.02. The predicted octanol–water partition coefficient (Wildman–Crippen LogP) is 2.88. The summed E-state index contributed by atoms with van der Waals surface area (Å²) in [7, 11) is 0. The quantitative estimate of drug-likeness (QED) is 0.492. The predicted molar refractivity (Wildman–Crippen MR) is 95.8 cm³/mol. The molecule has 0 atom stereocenters. The van der Waals surface area contributed by atoms with Crippen molar-refractivity contribution in [1.82, 2.24) is 5.32 Å². The molecule has 2 aromatic rings. The zero-order chi connectivity index (χ0) is 17.3. The second kappa shape index (κ2) is 6.43. The topological polar surface area (TPSA) is 69.6 Å². The number of halogens is 1. The maximum atomic E-state index is 12.8. The van der Waals surface area contributed by atoms with E-state index in [1.807, 2.05) is 0 Å². The van der Waals surface area contributed by atoms with Gasteiger partial charge in [-0.05, 0) is 42.6 Å². The fourth-order valence-corrected chi connectivity index (χ4v) is 2.74. The molecule has 0 unspecified atom stereocenters. The second-order valence-corrected chi connectivity index (χ2v) is 5.82. The first-order valence-electron chi connectivity index (χ1n) is 6.92. The molecule has 24 heavy (non-hydrogen) atoms. The number of rotatable bonds is 2. The van der Waals surface area contributed by atoms with Gasteiger partial charge in [0.1, 0.15) is 11.3 Å². The van der Waals surface area contributed by atoms with Crippen LogP contribution in [0.15, 0.2) is 54.1 Å². The molecule has 0 aromatic heterocycles. The van der Waals surface area contributed by atoms with E-state index in [1.165, 1.54) is 17.0 Å². The normalized spacial score (nSPS) is 16.5. The van der Waals surface area contributed by atoms with E-state index in [0.717, 1.165) is 0 Å². The molecule has 1 fully saturated rings. The van der Waals surface area contributed by atoms with Gasteiger partial charge in [-0.2, -0.15) is 0 Å². The number of thiocarbonyl (C=S) groups is 1. The van der Waals surface area contributed by atoms with Crippen LogP contribution in [-0.4, -0.2) is 22.0 Å². The summed E-state index contributed by atoms with van der Waals surface area (Å²) in [6.45, 7) is 0. The lowest BCUT2D eigenvalue weighted by molar-refractivity contribution is -0.122. The van der Waals surface area contributed by atoms with Gasteiger partial charge in [-0.15, -0.1) is 0 Å². The second-order valence-electron chi connectivity index (χ2n) is 5.00. The number of nitrogens with zero attached hydrogens (tertiary/aromatic N) is 1. The van der Waals surface area contributed by atoms with E-state index in [1.54, 1.807) is 42.5 Å². The Morgan fingerprint density at radius 1 is 1.12 bits per heavy atom. The van der Waals surface area contributed by atoms with Crippen LogP contribution in [0, 0.1) is 0 Å². The Hall–Kier alpha value is -2.70. The average molecular weight is 359 g/mol. The van der Waals surface area contributed by atoms with Crippen LogP contribution in [0.2, 0.25) is 5.02 Å². The lowest BCUT2D eigenvalue weighted by Crippen LogP contribution is -2.54. The van der Waals surface area contributed by atoms with E-state index < -0.39 is 11.8 Å². The maximum absolute atomic E-state index is 12.8. The van der Waals surface area contributed by atoms with E-state index in [-0.39, 0.29) is 16.4 Å². The molecule has 1 saturated heterocycles. The molecular weight excluding hydrogens is 348 g/mol. The Bertz CT molecular complexity index is 895. The first-order chi connectivity index (χ1) is 11.5. The number of benzene rings is 2. The van der Waals surface area contributed by atoms with Crippen molar-refractivity contribution in [1.29, 1.82) is 0 Å². The Labute approximate surface area is 148 Å². The van der Waals surface area contributed by atoms with Crippen molar-refractivity contribution in [3.63, 3.8) is 0 Å². The van der Waals surface area contributed by atoms with Gasteiger partial charge in [0.15, 0.2) is 5.11 Å². The van der Waals surface area contributed by atoms with E-state index in [2.05, 4.69) is 5.32 Å². The highest BCUT2D eigenvalue weighted by molar-refractivity contribution is 7.80. The number of phenolic OH excluding ortho intramolecular Hbond substituents is 1. The molecule has 5 nitrogen and oxygen atoms in total. The van der Waals surface area contributed by atoms with Crippen LogP contribution in [-0.2, 0) is 9.59 Å². The van der Waals surface area contributed by atoms with Gasteiger partial charge >= 0.3 is 0 Å². The molecule has 0 radical (unpaired) electrons. The number of hydrogen-bond acceptors (Lipinski definition) is 4. The number of hydrogen-bond donors (Lipinski definition) is 2.